The molecule has 0 bridgehead atoms. The van der Waals surface area contributed by atoms with Gasteiger partial charge in [0.25, 0.3) is 0 Å². The van der Waals surface area contributed by atoms with Gasteiger partial charge in [0.2, 0.25) is 5.57 Å². The summed E-state index contributed by atoms with van der Waals surface area (Å²) in [6, 6.07) is 9.61. The third kappa shape index (κ3) is 4.35. The van der Waals surface area contributed by atoms with Crippen LogP contribution >= 0.6 is 7.60 Å². The van der Waals surface area contributed by atoms with Gasteiger partial charge in [-0.1, -0.05) is 30.3 Å². The molecule has 4 atom stereocenters. The Labute approximate surface area is 175 Å². The molecule has 5 N–H and O–H groups in total. The largest absolute Gasteiger partial charge is 0.387 e. The zero-order chi connectivity index (χ0) is 22.2. The third-order valence-corrected chi connectivity index (χ3v) is 5.50. The number of benzene rings is 1. The lowest BCUT2D eigenvalue weighted by Crippen LogP contribution is -2.30. The summed E-state index contributed by atoms with van der Waals surface area (Å²) in [5.74, 6) is 0.435. The molecule has 13 heteroatoms. The molecule has 1 aromatic carbocycles. The van der Waals surface area contributed by atoms with E-state index >= 15 is 0 Å². The molecule has 1 aliphatic rings. The van der Waals surface area contributed by atoms with Gasteiger partial charge in [0, 0.05) is 6.54 Å². The van der Waals surface area contributed by atoms with Crippen LogP contribution in [0.2, 0.25) is 0 Å². The second-order valence-electron chi connectivity index (χ2n) is 6.89. The van der Waals surface area contributed by atoms with E-state index in [4.69, 9.17) is 14.5 Å². The van der Waals surface area contributed by atoms with Crippen molar-refractivity contribution in [1.29, 1.82) is 0 Å². The summed E-state index contributed by atoms with van der Waals surface area (Å²) >= 11 is 0. The maximum absolute atomic E-state index is 13.6. The third-order valence-electron chi connectivity index (χ3n) is 4.79. The summed E-state index contributed by atoms with van der Waals surface area (Å²) in [6.07, 6.45) is -2.80. The van der Waals surface area contributed by atoms with Crippen molar-refractivity contribution in [3.8, 4) is 0 Å². The summed E-state index contributed by atoms with van der Waals surface area (Å²) in [4.78, 5) is 30.3. The first-order chi connectivity index (χ1) is 14.8. The predicted molar refractivity (Wildman–Crippen MR) is 106 cm³/mol. The molecule has 2 aromatic heterocycles. The van der Waals surface area contributed by atoms with Crippen LogP contribution in [0, 0.1) is 0 Å². The van der Waals surface area contributed by atoms with Crippen LogP contribution in [0.5, 0.6) is 0 Å². The number of imidazole rings is 1. The van der Waals surface area contributed by atoms with E-state index in [1.165, 1.54) is 17.2 Å². The van der Waals surface area contributed by atoms with Gasteiger partial charge in [0.15, 0.2) is 23.2 Å². The van der Waals surface area contributed by atoms with Crippen LogP contribution in [0.1, 0.15) is 11.8 Å². The first kappa shape index (κ1) is 21.5. The quantitative estimate of drug-likeness (QED) is 0.342. The minimum atomic E-state index is -5.14. The van der Waals surface area contributed by atoms with Crippen LogP contribution in [0.3, 0.4) is 0 Å². The Morgan fingerprint density at radius 2 is 1.94 bits per heavy atom. The summed E-state index contributed by atoms with van der Waals surface area (Å²) in [5, 5.41) is 23.7. The van der Waals surface area contributed by atoms with Crippen LogP contribution < -0.4 is 5.32 Å². The highest BCUT2D eigenvalue weighted by molar-refractivity contribution is 7.56. The normalized spacial score (nSPS) is 24.6. The number of anilines is 1. The van der Waals surface area contributed by atoms with Gasteiger partial charge in [-0.05, 0) is 11.6 Å². The van der Waals surface area contributed by atoms with Crippen molar-refractivity contribution in [2.45, 2.75) is 31.1 Å². The Hall–Kier alpha value is -2.73. The molecule has 0 saturated carbocycles. The molecule has 11 nitrogen and oxygen atoms in total. The van der Waals surface area contributed by atoms with Gasteiger partial charge in [-0.2, -0.15) is 4.39 Å². The van der Waals surface area contributed by atoms with Crippen molar-refractivity contribution in [2.75, 3.05) is 5.32 Å². The fraction of sp³-hybridized carbons (Fsp3) is 0.278. The Morgan fingerprint density at radius 3 is 2.65 bits per heavy atom. The average Bonchev–Trinajstić information content (AvgIpc) is 3.29. The van der Waals surface area contributed by atoms with Gasteiger partial charge in [0.1, 0.15) is 24.6 Å². The zero-order valence-corrected chi connectivity index (χ0v) is 16.7. The molecule has 0 amide bonds. The number of aromatic nitrogens is 4. The fourth-order valence-corrected chi connectivity index (χ4v) is 3.58. The molecule has 1 fully saturated rings. The van der Waals surface area contributed by atoms with E-state index in [9.17, 15) is 19.2 Å². The van der Waals surface area contributed by atoms with Crippen LogP contribution in [-0.2, 0) is 15.8 Å². The molecule has 4 rings (SSSR count). The second kappa shape index (κ2) is 8.42. The lowest BCUT2D eigenvalue weighted by molar-refractivity contribution is -0.0246. The summed E-state index contributed by atoms with van der Waals surface area (Å²) in [7, 11) is -5.14. The summed E-state index contributed by atoms with van der Waals surface area (Å²) < 4.78 is 31.4. The maximum Gasteiger partial charge on any atom is 0.384 e. The number of aliphatic hydroxyl groups is 2. The first-order valence-electron chi connectivity index (χ1n) is 9.16. The van der Waals surface area contributed by atoms with Gasteiger partial charge in [-0.15, -0.1) is 0 Å². The van der Waals surface area contributed by atoms with Crippen LogP contribution in [-0.4, -0.2) is 57.8 Å². The van der Waals surface area contributed by atoms with E-state index in [2.05, 4.69) is 20.3 Å². The Bertz CT molecular complexity index is 1150. The molecule has 0 radical (unpaired) electrons. The van der Waals surface area contributed by atoms with Gasteiger partial charge >= 0.3 is 7.60 Å². The number of rotatable bonds is 6. The van der Waals surface area contributed by atoms with Crippen molar-refractivity contribution in [2.24, 2.45) is 0 Å². The minimum absolute atomic E-state index is 0.280. The molecule has 3 aromatic rings. The highest BCUT2D eigenvalue weighted by Crippen LogP contribution is 2.47. The van der Waals surface area contributed by atoms with Crippen molar-refractivity contribution in [3.05, 3.63) is 60.2 Å². The lowest BCUT2D eigenvalue weighted by atomic mass is 10.1. The maximum atomic E-state index is 13.6. The SMILES string of the molecule is O=P(O)(O)/C(F)=C/[C@H]1O[C@@H](n2cnc3c(NCc4ccccc4)ncnc32)[C@H](O)[C@@H]1O. The number of nitrogens with zero attached hydrogens (tertiary/aromatic N) is 4. The number of hydrogen-bond acceptors (Lipinski definition) is 8. The van der Waals surface area contributed by atoms with Crippen LogP contribution in [0.15, 0.2) is 54.6 Å². The number of aliphatic hydroxyl groups excluding tert-OH is 2. The van der Waals surface area contributed by atoms with E-state index in [1.54, 1.807) is 0 Å². The number of fused-ring (bicyclic) bond motifs is 1. The number of halogens is 1. The average molecular weight is 451 g/mol. The minimum Gasteiger partial charge on any atom is -0.387 e. The first-order valence-corrected chi connectivity index (χ1v) is 10.8. The van der Waals surface area contributed by atoms with Crippen LogP contribution in [0.4, 0.5) is 10.2 Å². The summed E-state index contributed by atoms with van der Waals surface area (Å²) in [5.41, 5.74) is -0.0753. The molecule has 164 valence electrons. The molecule has 1 aliphatic heterocycles. The van der Waals surface area contributed by atoms with Gasteiger partial charge < -0.3 is 30.1 Å². The fourth-order valence-electron chi connectivity index (χ4n) is 3.23. The molecule has 31 heavy (non-hydrogen) atoms. The monoisotopic (exact) mass is 451 g/mol. The van der Waals surface area contributed by atoms with E-state index in [1.807, 2.05) is 30.3 Å². The molecular weight excluding hydrogens is 432 g/mol. The van der Waals surface area contributed by atoms with Crippen molar-refractivity contribution in [1.82, 2.24) is 19.5 Å². The Balaban J connectivity index is 1.59. The molecule has 0 unspecified atom stereocenters. The smallest absolute Gasteiger partial charge is 0.384 e. The summed E-state index contributed by atoms with van der Waals surface area (Å²) in [6.45, 7) is 0.482. The standard InChI is InChI=1S/C18H19FN5O6P/c19-12(31(27,28)29)6-11-14(25)15(26)18(30-11)24-9-23-13-16(21-8-22-17(13)24)20-7-10-4-2-1-3-5-10/h1-6,8-9,11,14-15,18,25-26H,7H2,(H,20,21,22)(H2,27,28,29)/b12-6+/t11-,14-,15-,18-/m1/s1. The van der Waals surface area contributed by atoms with Gasteiger partial charge in [-0.3, -0.25) is 9.13 Å². The lowest BCUT2D eigenvalue weighted by Gasteiger charge is -2.16. The van der Waals surface area contributed by atoms with Gasteiger partial charge in [-0.25, -0.2) is 15.0 Å². The van der Waals surface area contributed by atoms with E-state index in [0.717, 1.165) is 5.56 Å². The van der Waals surface area contributed by atoms with E-state index in [-0.39, 0.29) is 5.65 Å². The zero-order valence-electron chi connectivity index (χ0n) is 15.9. The van der Waals surface area contributed by atoms with Crippen molar-refractivity contribution in [3.63, 3.8) is 0 Å². The molecule has 0 aliphatic carbocycles. The topological polar surface area (TPSA) is 163 Å². The second-order valence-corrected chi connectivity index (χ2v) is 8.41. The molecule has 0 spiro atoms. The number of hydrogen-bond donors (Lipinski definition) is 5. The van der Waals surface area contributed by atoms with Gasteiger partial charge in [0.05, 0.1) is 6.33 Å². The highest BCUT2D eigenvalue weighted by atomic mass is 31.2. The molecular formula is C18H19FN5O6P. The Morgan fingerprint density at radius 1 is 1.19 bits per heavy atom. The number of nitrogens with one attached hydrogen (secondary N) is 1. The molecule has 3 heterocycles. The van der Waals surface area contributed by atoms with Crippen molar-refractivity contribution >= 4 is 24.6 Å². The molecule has 1 saturated heterocycles. The highest BCUT2D eigenvalue weighted by Gasteiger charge is 2.44. The van der Waals surface area contributed by atoms with E-state index < -0.39 is 37.7 Å². The van der Waals surface area contributed by atoms with Crippen LogP contribution in [0.25, 0.3) is 11.2 Å². The Kier molecular flexibility index (Phi) is 5.84. The van der Waals surface area contributed by atoms with Crippen molar-refractivity contribution < 1.29 is 33.7 Å². The van der Waals surface area contributed by atoms with E-state index in [0.29, 0.717) is 24.0 Å². The number of ether oxygens (including phenoxy) is 1. The predicted octanol–water partition coefficient (Wildman–Crippen LogP) is 1.05.